The summed E-state index contributed by atoms with van der Waals surface area (Å²) in [5.41, 5.74) is 3.21. The highest BCUT2D eigenvalue weighted by atomic mass is 19.1. The van der Waals surface area contributed by atoms with Crippen molar-refractivity contribution in [3.05, 3.63) is 71.7 Å². The number of nitrogens with one attached hydrogen (secondary N) is 1. The van der Waals surface area contributed by atoms with E-state index in [1.165, 1.54) is 12.1 Å². The SMILES string of the molecule is CC1CCN(C(=O)C(CCc2ccc(F)cc2)c2cccc3[nH]ccc23)CC1. The van der Waals surface area contributed by atoms with Gasteiger partial charge in [0, 0.05) is 30.2 Å². The second kappa shape index (κ2) is 8.17. The summed E-state index contributed by atoms with van der Waals surface area (Å²) < 4.78 is 13.2. The van der Waals surface area contributed by atoms with Crippen LogP contribution in [0.4, 0.5) is 4.39 Å². The fourth-order valence-corrected chi connectivity index (χ4v) is 4.24. The number of amides is 1. The van der Waals surface area contributed by atoms with Gasteiger partial charge in [0.1, 0.15) is 5.82 Å². The van der Waals surface area contributed by atoms with Crippen molar-refractivity contribution in [2.45, 2.75) is 38.5 Å². The summed E-state index contributed by atoms with van der Waals surface area (Å²) >= 11 is 0. The summed E-state index contributed by atoms with van der Waals surface area (Å²) in [4.78, 5) is 18.8. The van der Waals surface area contributed by atoms with E-state index in [1.807, 2.05) is 35.4 Å². The van der Waals surface area contributed by atoms with Crippen molar-refractivity contribution in [1.82, 2.24) is 9.88 Å². The number of piperidine rings is 1. The van der Waals surface area contributed by atoms with Gasteiger partial charge in [-0.25, -0.2) is 4.39 Å². The van der Waals surface area contributed by atoms with Crippen LogP contribution in [-0.4, -0.2) is 28.9 Å². The number of hydrogen-bond acceptors (Lipinski definition) is 1. The van der Waals surface area contributed by atoms with E-state index in [4.69, 9.17) is 0 Å². The molecule has 28 heavy (non-hydrogen) atoms. The van der Waals surface area contributed by atoms with E-state index in [9.17, 15) is 9.18 Å². The maximum absolute atomic E-state index is 13.5. The predicted octanol–water partition coefficient (Wildman–Crippen LogP) is 5.28. The van der Waals surface area contributed by atoms with Crippen molar-refractivity contribution in [1.29, 1.82) is 0 Å². The molecule has 0 saturated carbocycles. The number of benzene rings is 2. The molecule has 4 rings (SSSR count). The number of aromatic nitrogens is 1. The Hall–Kier alpha value is -2.62. The van der Waals surface area contributed by atoms with Crippen LogP contribution in [0.1, 0.15) is 43.2 Å². The molecule has 1 aliphatic rings. The minimum absolute atomic E-state index is 0.182. The van der Waals surface area contributed by atoms with Crippen molar-refractivity contribution in [3.63, 3.8) is 0 Å². The number of aromatic amines is 1. The van der Waals surface area contributed by atoms with Crippen LogP contribution >= 0.6 is 0 Å². The molecule has 0 aliphatic carbocycles. The van der Waals surface area contributed by atoms with E-state index in [0.717, 1.165) is 60.8 Å². The Morgan fingerprint density at radius 2 is 1.89 bits per heavy atom. The number of carbonyl (C=O) groups excluding carboxylic acids is 1. The molecule has 146 valence electrons. The van der Waals surface area contributed by atoms with Crippen LogP contribution in [0, 0.1) is 11.7 Å². The number of carbonyl (C=O) groups is 1. The molecule has 1 aliphatic heterocycles. The monoisotopic (exact) mass is 378 g/mol. The van der Waals surface area contributed by atoms with Gasteiger partial charge in [-0.3, -0.25) is 4.79 Å². The Balaban J connectivity index is 1.61. The molecule has 0 spiro atoms. The highest BCUT2D eigenvalue weighted by molar-refractivity contribution is 5.91. The van der Waals surface area contributed by atoms with E-state index >= 15 is 0 Å². The molecule has 1 amide bonds. The number of H-pyrrole nitrogens is 1. The van der Waals surface area contributed by atoms with Gasteiger partial charge in [-0.05, 0) is 67.0 Å². The Kier molecular flexibility index (Phi) is 5.47. The number of fused-ring (bicyclic) bond motifs is 1. The molecule has 0 radical (unpaired) electrons. The standard InChI is InChI=1S/C24H27FN2O/c1-17-12-15-27(16-13-17)24(28)22(10-7-18-5-8-19(25)9-6-18)20-3-2-4-23-21(20)11-14-26-23/h2-6,8-9,11,14,17,22,26H,7,10,12-13,15-16H2,1H3. The van der Waals surface area contributed by atoms with Crippen LogP contribution < -0.4 is 0 Å². The van der Waals surface area contributed by atoms with E-state index in [-0.39, 0.29) is 17.6 Å². The third-order valence-corrected chi connectivity index (χ3v) is 6.03. The van der Waals surface area contributed by atoms with Crippen LogP contribution in [0.25, 0.3) is 10.9 Å². The Bertz CT molecular complexity index is 939. The topological polar surface area (TPSA) is 36.1 Å². The zero-order chi connectivity index (χ0) is 19.5. The molecular weight excluding hydrogens is 351 g/mol. The van der Waals surface area contributed by atoms with Crippen LogP contribution in [-0.2, 0) is 11.2 Å². The van der Waals surface area contributed by atoms with E-state index < -0.39 is 0 Å². The first kappa shape index (κ1) is 18.7. The summed E-state index contributed by atoms with van der Waals surface area (Å²) in [5.74, 6) is 0.506. The van der Waals surface area contributed by atoms with Crippen LogP contribution in [0.15, 0.2) is 54.7 Å². The lowest BCUT2D eigenvalue weighted by atomic mass is 9.88. The molecule has 3 aromatic rings. The summed E-state index contributed by atoms with van der Waals surface area (Å²) in [5, 5.41) is 1.12. The maximum atomic E-state index is 13.5. The van der Waals surface area contributed by atoms with E-state index in [1.54, 1.807) is 0 Å². The predicted molar refractivity (Wildman–Crippen MR) is 111 cm³/mol. The number of aryl methyl sites for hydroxylation is 1. The minimum Gasteiger partial charge on any atom is -0.361 e. The molecule has 3 nitrogen and oxygen atoms in total. The van der Waals surface area contributed by atoms with Crippen molar-refractivity contribution in [3.8, 4) is 0 Å². The number of hydrogen-bond donors (Lipinski definition) is 1. The van der Waals surface area contributed by atoms with Gasteiger partial charge in [-0.1, -0.05) is 31.2 Å². The summed E-state index contributed by atoms with van der Waals surface area (Å²) in [6, 6.07) is 14.8. The van der Waals surface area contributed by atoms with Crippen molar-refractivity contribution >= 4 is 16.8 Å². The molecular formula is C24H27FN2O. The fourth-order valence-electron chi connectivity index (χ4n) is 4.24. The molecule has 4 heteroatoms. The normalized spacial score (nSPS) is 16.4. The third-order valence-electron chi connectivity index (χ3n) is 6.03. The smallest absolute Gasteiger partial charge is 0.230 e. The lowest BCUT2D eigenvalue weighted by Gasteiger charge is -2.33. The summed E-state index contributed by atoms with van der Waals surface area (Å²) in [7, 11) is 0. The van der Waals surface area contributed by atoms with E-state index in [0.29, 0.717) is 5.92 Å². The number of likely N-dealkylation sites (tertiary alicyclic amines) is 1. The molecule has 1 saturated heterocycles. The van der Waals surface area contributed by atoms with Gasteiger partial charge in [-0.15, -0.1) is 0 Å². The second-order valence-electron chi connectivity index (χ2n) is 8.01. The molecule has 2 aromatic carbocycles. The van der Waals surface area contributed by atoms with Crippen molar-refractivity contribution in [2.75, 3.05) is 13.1 Å². The fraction of sp³-hybridized carbons (Fsp3) is 0.375. The van der Waals surface area contributed by atoms with Crippen LogP contribution in [0.3, 0.4) is 0 Å². The first-order chi connectivity index (χ1) is 13.6. The Morgan fingerprint density at radius 3 is 2.64 bits per heavy atom. The average Bonchev–Trinajstić information content (AvgIpc) is 3.19. The number of rotatable bonds is 5. The summed E-state index contributed by atoms with van der Waals surface area (Å²) in [6.07, 6.45) is 5.55. The minimum atomic E-state index is -0.226. The first-order valence-electron chi connectivity index (χ1n) is 10.2. The van der Waals surface area contributed by atoms with Gasteiger partial charge in [0.2, 0.25) is 5.91 Å². The highest BCUT2D eigenvalue weighted by Gasteiger charge is 2.29. The van der Waals surface area contributed by atoms with E-state index in [2.05, 4.69) is 24.0 Å². The lowest BCUT2D eigenvalue weighted by molar-refractivity contribution is -0.134. The van der Waals surface area contributed by atoms with Gasteiger partial charge in [0.05, 0.1) is 5.92 Å². The summed E-state index contributed by atoms with van der Waals surface area (Å²) in [6.45, 7) is 3.95. The molecule has 1 N–H and O–H groups in total. The number of halogens is 1. The van der Waals surface area contributed by atoms with Crippen LogP contribution in [0.5, 0.6) is 0 Å². The van der Waals surface area contributed by atoms with Gasteiger partial charge in [0.15, 0.2) is 0 Å². The zero-order valence-corrected chi connectivity index (χ0v) is 16.3. The number of nitrogens with zero attached hydrogens (tertiary/aromatic N) is 1. The van der Waals surface area contributed by atoms with Crippen molar-refractivity contribution < 1.29 is 9.18 Å². The Labute approximate surface area is 165 Å². The quantitative estimate of drug-likeness (QED) is 0.644. The molecule has 0 bridgehead atoms. The second-order valence-corrected chi connectivity index (χ2v) is 8.01. The third kappa shape index (κ3) is 3.96. The highest BCUT2D eigenvalue weighted by Crippen LogP contribution is 2.31. The maximum Gasteiger partial charge on any atom is 0.230 e. The largest absolute Gasteiger partial charge is 0.361 e. The van der Waals surface area contributed by atoms with Crippen LogP contribution in [0.2, 0.25) is 0 Å². The van der Waals surface area contributed by atoms with Gasteiger partial charge in [0.25, 0.3) is 0 Å². The zero-order valence-electron chi connectivity index (χ0n) is 16.3. The molecule has 1 atom stereocenters. The average molecular weight is 378 g/mol. The molecule has 1 fully saturated rings. The molecule has 2 heterocycles. The molecule has 1 aromatic heterocycles. The Morgan fingerprint density at radius 1 is 1.14 bits per heavy atom. The van der Waals surface area contributed by atoms with Gasteiger partial charge in [-0.2, -0.15) is 0 Å². The first-order valence-corrected chi connectivity index (χ1v) is 10.2. The lowest BCUT2D eigenvalue weighted by Crippen LogP contribution is -2.40. The van der Waals surface area contributed by atoms with Crippen molar-refractivity contribution in [2.24, 2.45) is 5.92 Å². The molecule has 1 unspecified atom stereocenters. The van der Waals surface area contributed by atoms with Gasteiger partial charge < -0.3 is 9.88 Å². The van der Waals surface area contributed by atoms with Gasteiger partial charge >= 0.3 is 0 Å².